The third-order valence-corrected chi connectivity index (χ3v) is 5.55. The van der Waals surface area contributed by atoms with Gasteiger partial charge in [0.1, 0.15) is 17.1 Å². The van der Waals surface area contributed by atoms with Crippen LogP contribution in [0.4, 0.5) is 5.69 Å². The summed E-state index contributed by atoms with van der Waals surface area (Å²) in [6, 6.07) is 0.360. The molecule has 24 heavy (non-hydrogen) atoms. The first kappa shape index (κ1) is 15.8. The second-order valence-corrected chi connectivity index (χ2v) is 7.18. The Balaban J connectivity index is 1.69. The lowest BCUT2D eigenvalue weighted by molar-refractivity contribution is 0.0944. The van der Waals surface area contributed by atoms with Crippen LogP contribution in [0.1, 0.15) is 32.1 Å². The van der Waals surface area contributed by atoms with Crippen molar-refractivity contribution in [2.75, 3.05) is 25.6 Å². The summed E-state index contributed by atoms with van der Waals surface area (Å²) in [7, 11) is 3.80. The molecular weight excluding hydrogens is 304 g/mol. The topological polar surface area (TPSA) is 73.0 Å². The van der Waals surface area contributed by atoms with Crippen molar-refractivity contribution < 1.29 is 9.47 Å². The van der Waals surface area contributed by atoms with E-state index in [4.69, 9.17) is 20.2 Å². The Morgan fingerprint density at radius 2 is 2.08 bits per heavy atom. The zero-order chi connectivity index (χ0) is 16.7. The standard InChI is InChI=1S/C18H26N4O2/c1-22-10-15(11-3-5-12(19)6-4-11)24-18-14(22)9-20-13-7-8-16(23-2)21-17(13)18/h7,9,11-12,15-16H,3-6,8,10,19H2,1-2H3. The second kappa shape index (κ2) is 6.33. The van der Waals surface area contributed by atoms with Crippen molar-refractivity contribution in [2.24, 2.45) is 16.6 Å². The molecule has 0 amide bonds. The summed E-state index contributed by atoms with van der Waals surface area (Å²) >= 11 is 0. The molecule has 2 aliphatic heterocycles. The fraction of sp³-hybridized carbons (Fsp3) is 0.667. The molecule has 2 atom stereocenters. The number of nitrogens with two attached hydrogens (primary N) is 1. The zero-order valence-electron chi connectivity index (χ0n) is 14.4. The quantitative estimate of drug-likeness (QED) is 0.858. The van der Waals surface area contributed by atoms with Crippen LogP contribution in [-0.2, 0) is 4.74 Å². The van der Waals surface area contributed by atoms with Crippen LogP contribution in [-0.4, -0.2) is 44.1 Å². The van der Waals surface area contributed by atoms with E-state index < -0.39 is 0 Å². The SMILES string of the molecule is COC1CC=c2ncc3c(c2=N1)OC(C1CCC(N)CC1)CN3C. The van der Waals surface area contributed by atoms with E-state index in [0.717, 1.165) is 60.8 Å². The van der Waals surface area contributed by atoms with Crippen molar-refractivity contribution in [3.8, 4) is 5.75 Å². The Labute approximate surface area is 142 Å². The van der Waals surface area contributed by atoms with Gasteiger partial charge >= 0.3 is 0 Å². The maximum Gasteiger partial charge on any atom is 0.172 e. The molecule has 130 valence electrons. The Morgan fingerprint density at radius 1 is 1.29 bits per heavy atom. The number of hydrogen-bond acceptors (Lipinski definition) is 6. The minimum Gasteiger partial charge on any atom is -0.484 e. The van der Waals surface area contributed by atoms with Gasteiger partial charge in [0, 0.05) is 26.6 Å². The maximum absolute atomic E-state index is 6.48. The van der Waals surface area contributed by atoms with Crippen molar-refractivity contribution in [1.82, 2.24) is 4.98 Å². The van der Waals surface area contributed by atoms with Crippen LogP contribution in [0.2, 0.25) is 0 Å². The Bertz CT molecular complexity index is 727. The third kappa shape index (κ3) is 2.78. The molecule has 1 fully saturated rings. The van der Waals surface area contributed by atoms with Crippen molar-refractivity contribution in [1.29, 1.82) is 0 Å². The van der Waals surface area contributed by atoms with Gasteiger partial charge in [-0.05, 0) is 31.6 Å². The number of rotatable bonds is 2. The zero-order valence-corrected chi connectivity index (χ0v) is 14.4. The van der Waals surface area contributed by atoms with E-state index >= 15 is 0 Å². The highest BCUT2D eigenvalue weighted by molar-refractivity contribution is 5.58. The van der Waals surface area contributed by atoms with Crippen molar-refractivity contribution in [3.63, 3.8) is 0 Å². The van der Waals surface area contributed by atoms with Gasteiger partial charge in [-0.3, -0.25) is 4.98 Å². The van der Waals surface area contributed by atoms with Crippen molar-refractivity contribution in [3.05, 3.63) is 16.9 Å². The van der Waals surface area contributed by atoms with E-state index in [9.17, 15) is 0 Å². The molecule has 0 aromatic carbocycles. The van der Waals surface area contributed by atoms with Gasteiger partial charge in [0.25, 0.3) is 0 Å². The molecule has 3 aliphatic rings. The second-order valence-electron chi connectivity index (χ2n) is 7.18. The van der Waals surface area contributed by atoms with E-state index in [1.165, 1.54) is 0 Å². The number of fused-ring (bicyclic) bond motifs is 3. The van der Waals surface area contributed by atoms with Gasteiger partial charge in [-0.2, -0.15) is 0 Å². The lowest BCUT2D eigenvalue weighted by Gasteiger charge is -2.39. The molecule has 3 heterocycles. The third-order valence-electron chi connectivity index (χ3n) is 5.55. The van der Waals surface area contributed by atoms with Gasteiger partial charge in [-0.15, -0.1) is 0 Å². The summed E-state index contributed by atoms with van der Waals surface area (Å²) in [6.45, 7) is 0.894. The predicted molar refractivity (Wildman–Crippen MR) is 92.5 cm³/mol. The lowest BCUT2D eigenvalue weighted by atomic mass is 9.82. The molecule has 2 unspecified atom stereocenters. The van der Waals surface area contributed by atoms with Gasteiger partial charge < -0.3 is 20.1 Å². The van der Waals surface area contributed by atoms with Gasteiger partial charge in [0.2, 0.25) is 0 Å². The monoisotopic (exact) mass is 330 g/mol. The summed E-state index contributed by atoms with van der Waals surface area (Å²) in [4.78, 5) is 11.5. The van der Waals surface area contributed by atoms with E-state index in [1.807, 2.05) is 6.20 Å². The summed E-state index contributed by atoms with van der Waals surface area (Å²) in [5, 5.41) is 1.75. The van der Waals surface area contributed by atoms with Crippen LogP contribution in [0.15, 0.2) is 11.2 Å². The number of pyridine rings is 1. The average molecular weight is 330 g/mol. The number of methoxy groups -OCH3 is 1. The van der Waals surface area contributed by atoms with Crippen LogP contribution in [0.25, 0.3) is 6.08 Å². The molecule has 1 aromatic rings. The van der Waals surface area contributed by atoms with Gasteiger partial charge in [0.15, 0.2) is 12.0 Å². The first-order valence-corrected chi connectivity index (χ1v) is 8.89. The minimum absolute atomic E-state index is 0.146. The summed E-state index contributed by atoms with van der Waals surface area (Å²) in [6.07, 6.45) is 9.28. The van der Waals surface area contributed by atoms with Gasteiger partial charge in [0.05, 0.1) is 18.1 Å². The number of ether oxygens (including phenoxy) is 2. The molecule has 2 N–H and O–H groups in total. The molecule has 4 rings (SSSR count). The van der Waals surface area contributed by atoms with E-state index in [2.05, 4.69) is 23.0 Å². The highest BCUT2D eigenvalue weighted by atomic mass is 16.5. The molecular formula is C18H26N4O2. The molecule has 0 saturated heterocycles. The number of nitrogens with zero attached hydrogens (tertiary/aromatic N) is 3. The maximum atomic E-state index is 6.48. The molecule has 6 nitrogen and oxygen atoms in total. The average Bonchev–Trinajstić information content (AvgIpc) is 2.61. The van der Waals surface area contributed by atoms with Crippen molar-refractivity contribution >= 4 is 11.8 Å². The highest BCUT2D eigenvalue weighted by Gasteiger charge is 2.34. The summed E-state index contributed by atoms with van der Waals surface area (Å²) in [5.74, 6) is 1.43. The summed E-state index contributed by atoms with van der Waals surface area (Å²) in [5.41, 5.74) is 7.08. The Kier molecular flexibility index (Phi) is 4.18. The highest BCUT2D eigenvalue weighted by Crippen LogP contribution is 2.35. The van der Waals surface area contributed by atoms with Crippen LogP contribution in [0.3, 0.4) is 0 Å². The first-order chi connectivity index (χ1) is 11.7. The molecule has 1 saturated carbocycles. The van der Waals surface area contributed by atoms with E-state index in [0.29, 0.717) is 12.0 Å². The first-order valence-electron chi connectivity index (χ1n) is 8.89. The van der Waals surface area contributed by atoms with Crippen LogP contribution in [0, 0.1) is 5.92 Å². The predicted octanol–water partition coefficient (Wildman–Crippen LogP) is 0.573. The fourth-order valence-electron chi connectivity index (χ4n) is 4.03. The fourth-order valence-corrected chi connectivity index (χ4v) is 4.03. The molecule has 6 heteroatoms. The molecule has 1 aliphatic carbocycles. The van der Waals surface area contributed by atoms with E-state index in [1.54, 1.807) is 7.11 Å². The van der Waals surface area contributed by atoms with Gasteiger partial charge in [-0.25, -0.2) is 4.99 Å². The van der Waals surface area contributed by atoms with Crippen molar-refractivity contribution in [2.45, 2.75) is 50.5 Å². The minimum atomic E-state index is -0.146. The number of hydrogen-bond donors (Lipinski definition) is 1. The molecule has 0 spiro atoms. The number of aromatic nitrogens is 1. The summed E-state index contributed by atoms with van der Waals surface area (Å²) < 4.78 is 11.9. The normalized spacial score (nSPS) is 32.0. The Hall–Kier alpha value is -1.66. The van der Waals surface area contributed by atoms with Crippen LogP contribution < -0.4 is 26.1 Å². The lowest BCUT2D eigenvalue weighted by Crippen LogP contribution is -2.48. The smallest absolute Gasteiger partial charge is 0.172 e. The largest absolute Gasteiger partial charge is 0.484 e. The molecule has 0 bridgehead atoms. The van der Waals surface area contributed by atoms with E-state index in [-0.39, 0.29) is 12.3 Å². The van der Waals surface area contributed by atoms with Crippen LogP contribution in [0.5, 0.6) is 5.75 Å². The Morgan fingerprint density at radius 3 is 2.83 bits per heavy atom. The number of likely N-dealkylation sites (N-methyl/N-ethyl adjacent to an activating group) is 1. The molecule has 0 radical (unpaired) electrons. The molecule has 1 aromatic heterocycles. The number of anilines is 1. The van der Waals surface area contributed by atoms with Crippen LogP contribution >= 0.6 is 0 Å². The van der Waals surface area contributed by atoms with Gasteiger partial charge in [-0.1, -0.05) is 6.08 Å².